The molecule has 0 amide bonds. The van der Waals surface area contributed by atoms with Crippen LogP contribution in [0.25, 0.3) is 0 Å². The minimum Gasteiger partial charge on any atom is -0.0824 e. The van der Waals surface area contributed by atoms with Gasteiger partial charge in [-0.1, -0.05) is 35.3 Å². The van der Waals surface area contributed by atoms with E-state index in [2.05, 4.69) is 6.07 Å². The van der Waals surface area contributed by atoms with Gasteiger partial charge >= 0.3 is 0 Å². The predicted octanol–water partition coefficient (Wildman–Crippen LogP) is 3.10. The van der Waals surface area contributed by atoms with Crippen LogP contribution in [0.5, 0.6) is 0 Å². The number of benzene rings is 1. The van der Waals surface area contributed by atoms with Gasteiger partial charge in [0.05, 0.1) is 10.0 Å². The number of hydrogen-bond donors (Lipinski definition) is 0. The summed E-state index contributed by atoms with van der Waals surface area (Å²) in [7, 11) is 0. The predicted molar refractivity (Wildman–Crippen MR) is 40.0 cm³/mol. The van der Waals surface area contributed by atoms with Crippen molar-refractivity contribution >= 4 is 23.2 Å². The molecule has 1 radical (unpaired) electrons. The average molecular weight is 160 g/mol. The lowest BCUT2D eigenvalue weighted by Gasteiger charge is -1.95. The minimum atomic E-state index is 0.497. The minimum absolute atomic E-state index is 0.497. The number of halogens is 2. The quantitative estimate of drug-likeness (QED) is 0.546. The topological polar surface area (TPSA) is 0 Å². The lowest BCUT2D eigenvalue weighted by atomic mass is 10.2. The third kappa shape index (κ3) is 1.38. The van der Waals surface area contributed by atoms with Crippen molar-refractivity contribution in [2.45, 2.75) is 6.92 Å². The Labute approximate surface area is 64.4 Å². The lowest BCUT2D eigenvalue weighted by molar-refractivity contribution is 1.47. The van der Waals surface area contributed by atoms with Crippen LogP contribution in [-0.4, -0.2) is 0 Å². The SMILES string of the molecule is Cc1cc[c]c(Cl)c1Cl. The van der Waals surface area contributed by atoms with Crippen LogP contribution in [-0.2, 0) is 0 Å². The standard InChI is InChI=1S/C7H5Cl2/c1-5-3-2-4-6(8)7(5)9/h2-3H,1H3. The molecule has 0 aromatic heterocycles. The highest BCUT2D eigenvalue weighted by Crippen LogP contribution is 2.23. The molecular weight excluding hydrogens is 155 g/mol. The molecule has 0 saturated carbocycles. The highest BCUT2D eigenvalue weighted by atomic mass is 35.5. The Kier molecular flexibility index (Phi) is 1.99. The fraction of sp³-hybridized carbons (Fsp3) is 0.143. The van der Waals surface area contributed by atoms with Gasteiger partial charge in [0, 0.05) is 6.07 Å². The van der Waals surface area contributed by atoms with Gasteiger partial charge < -0.3 is 0 Å². The molecule has 2 heteroatoms. The van der Waals surface area contributed by atoms with Gasteiger partial charge in [-0.05, 0) is 12.5 Å². The first-order valence-corrected chi connectivity index (χ1v) is 3.29. The van der Waals surface area contributed by atoms with Crippen LogP contribution in [0.15, 0.2) is 12.1 Å². The van der Waals surface area contributed by atoms with E-state index >= 15 is 0 Å². The van der Waals surface area contributed by atoms with Crippen LogP contribution in [0.1, 0.15) is 5.56 Å². The number of rotatable bonds is 0. The third-order valence-electron chi connectivity index (χ3n) is 1.08. The first-order valence-electron chi connectivity index (χ1n) is 2.54. The van der Waals surface area contributed by atoms with Gasteiger partial charge in [-0.3, -0.25) is 0 Å². The second-order valence-electron chi connectivity index (χ2n) is 1.79. The van der Waals surface area contributed by atoms with E-state index in [1.165, 1.54) is 0 Å². The van der Waals surface area contributed by atoms with E-state index in [9.17, 15) is 0 Å². The zero-order chi connectivity index (χ0) is 6.85. The molecule has 0 spiro atoms. The largest absolute Gasteiger partial charge is 0.0824 e. The molecule has 0 nitrogen and oxygen atoms in total. The molecule has 0 unspecified atom stereocenters. The summed E-state index contributed by atoms with van der Waals surface area (Å²) in [5.74, 6) is 0. The Morgan fingerprint density at radius 2 is 2.11 bits per heavy atom. The van der Waals surface area contributed by atoms with E-state index in [0.717, 1.165) is 5.56 Å². The molecule has 0 fully saturated rings. The van der Waals surface area contributed by atoms with Crippen LogP contribution >= 0.6 is 23.2 Å². The van der Waals surface area contributed by atoms with E-state index in [1.807, 2.05) is 13.0 Å². The molecule has 1 aromatic carbocycles. The van der Waals surface area contributed by atoms with Gasteiger partial charge in [0.1, 0.15) is 0 Å². The summed E-state index contributed by atoms with van der Waals surface area (Å²) in [5, 5.41) is 1.09. The Morgan fingerprint density at radius 1 is 1.44 bits per heavy atom. The van der Waals surface area contributed by atoms with Crippen LogP contribution < -0.4 is 0 Å². The summed E-state index contributed by atoms with van der Waals surface area (Å²) in [6.07, 6.45) is 0. The van der Waals surface area contributed by atoms with Crippen LogP contribution in [0.3, 0.4) is 0 Å². The van der Waals surface area contributed by atoms with Gasteiger partial charge in [-0.15, -0.1) is 0 Å². The summed E-state index contributed by atoms with van der Waals surface area (Å²) < 4.78 is 0. The normalized spacial score (nSPS) is 9.67. The molecule has 47 valence electrons. The van der Waals surface area contributed by atoms with Gasteiger partial charge in [-0.25, -0.2) is 0 Å². The second-order valence-corrected chi connectivity index (χ2v) is 2.54. The average Bonchev–Trinajstić information content (AvgIpc) is 1.83. The Balaban J connectivity index is 3.25. The smallest absolute Gasteiger partial charge is 0.0673 e. The molecule has 0 aliphatic carbocycles. The van der Waals surface area contributed by atoms with Crippen molar-refractivity contribution in [3.8, 4) is 0 Å². The van der Waals surface area contributed by atoms with Crippen LogP contribution in [0.2, 0.25) is 10.0 Å². The molecule has 0 heterocycles. The summed E-state index contributed by atoms with van der Waals surface area (Å²) in [5.41, 5.74) is 0.986. The van der Waals surface area contributed by atoms with Crippen molar-refractivity contribution in [3.05, 3.63) is 33.8 Å². The third-order valence-corrected chi connectivity index (χ3v) is 1.96. The fourth-order valence-electron chi connectivity index (χ4n) is 0.549. The van der Waals surface area contributed by atoms with Crippen molar-refractivity contribution in [1.29, 1.82) is 0 Å². The molecular formula is C7H5Cl2. The van der Waals surface area contributed by atoms with Crippen LogP contribution in [0.4, 0.5) is 0 Å². The summed E-state index contributed by atoms with van der Waals surface area (Å²) in [6.45, 7) is 1.90. The molecule has 0 N–H and O–H groups in total. The summed E-state index contributed by atoms with van der Waals surface area (Å²) in [6, 6.07) is 6.40. The van der Waals surface area contributed by atoms with Crippen molar-refractivity contribution < 1.29 is 0 Å². The molecule has 1 aromatic rings. The van der Waals surface area contributed by atoms with Crippen molar-refractivity contribution in [3.63, 3.8) is 0 Å². The lowest BCUT2D eigenvalue weighted by Crippen LogP contribution is -1.73. The molecule has 0 saturated heterocycles. The fourth-order valence-corrected chi connectivity index (χ4v) is 0.879. The van der Waals surface area contributed by atoms with Gasteiger partial charge in [-0.2, -0.15) is 0 Å². The van der Waals surface area contributed by atoms with E-state index < -0.39 is 0 Å². The van der Waals surface area contributed by atoms with Crippen molar-refractivity contribution in [2.24, 2.45) is 0 Å². The van der Waals surface area contributed by atoms with E-state index in [0.29, 0.717) is 10.0 Å². The Bertz CT molecular complexity index is 198. The zero-order valence-electron chi connectivity index (χ0n) is 4.91. The van der Waals surface area contributed by atoms with E-state index in [1.54, 1.807) is 6.07 Å². The zero-order valence-corrected chi connectivity index (χ0v) is 6.42. The number of aryl methyl sites for hydroxylation is 1. The maximum Gasteiger partial charge on any atom is 0.0673 e. The first-order chi connectivity index (χ1) is 4.22. The molecule has 1 rings (SSSR count). The van der Waals surface area contributed by atoms with Gasteiger partial charge in [0.15, 0.2) is 0 Å². The molecule has 0 atom stereocenters. The van der Waals surface area contributed by atoms with E-state index in [4.69, 9.17) is 23.2 Å². The Morgan fingerprint density at radius 3 is 2.56 bits per heavy atom. The maximum atomic E-state index is 5.71. The van der Waals surface area contributed by atoms with E-state index in [-0.39, 0.29) is 0 Å². The highest BCUT2D eigenvalue weighted by Gasteiger charge is 1.97. The second kappa shape index (κ2) is 2.59. The monoisotopic (exact) mass is 159 g/mol. The Hall–Kier alpha value is -0.200. The molecule has 9 heavy (non-hydrogen) atoms. The highest BCUT2D eigenvalue weighted by molar-refractivity contribution is 6.42. The maximum absolute atomic E-state index is 5.71. The summed E-state index contributed by atoms with van der Waals surface area (Å²) in [4.78, 5) is 0. The first kappa shape index (κ1) is 6.91. The molecule has 0 aliphatic heterocycles. The van der Waals surface area contributed by atoms with Crippen molar-refractivity contribution in [2.75, 3.05) is 0 Å². The van der Waals surface area contributed by atoms with Gasteiger partial charge in [0.2, 0.25) is 0 Å². The molecule has 0 bridgehead atoms. The number of hydrogen-bond acceptors (Lipinski definition) is 0. The van der Waals surface area contributed by atoms with Crippen LogP contribution in [0, 0.1) is 13.0 Å². The molecule has 0 aliphatic rings. The summed E-state index contributed by atoms with van der Waals surface area (Å²) >= 11 is 11.3. The van der Waals surface area contributed by atoms with Crippen molar-refractivity contribution in [1.82, 2.24) is 0 Å². The van der Waals surface area contributed by atoms with Gasteiger partial charge in [0.25, 0.3) is 0 Å².